The first-order valence-electron chi connectivity index (χ1n) is 13.9. The second-order valence-electron chi connectivity index (χ2n) is 12.1. The number of carbonyl (C=O) groups excluding carboxylic acids is 1. The molecule has 0 radical (unpaired) electrons. The highest BCUT2D eigenvalue weighted by molar-refractivity contribution is 7.98. The van der Waals surface area contributed by atoms with Crippen molar-refractivity contribution in [2.45, 2.75) is 75.2 Å². The summed E-state index contributed by atoms with van der Waals surface area (Å²) in [6.45, 7) is 4.43. The number of hydrogen-bond acceptors (Lipinski definition) is 3. The van der Waals surface area contributed by atoms with Crippen LogP contribution in [0.1, 0.15) is 81.4 Å². The van der Waals surface area contributed by atoms with Gasteiger partial charge in [0.05, 0.1) is 5.60 Å². The summed E-state index contributed by atoms with van der Waals surface area (Å²) in [6, 6.07) is 17.8. The summed E-state index contributed by atoms with van der Waals surface area (Å²) in [5.74, 6) is 1.64. The summed E-state index contributed by atoms with van der Waals surface area (Å²) in [5, 5.41) is 11.5. The lowest BCUT2D eigenvalue weighted by Gasteiger charge is -2.54. The lowest BCUT2D eigenvalue weighted by molar-refractivity contribution is -0.114. The molecule has 3 heteroatoms. The van der Waals surface area contributed by atoms with E-state index >= 15 is 0 Å². The van der Waals surface area contributed by atoms with E-state index in [0.29, 0.717) is 24.2 Å². The van der Waals surface area contributed by atoms with Crippen molar-refractivity contribution in [2.75, 3.05) is 6.26 Å². The van der Waals surface area contributed by atoms with Crippen LogP contribution in [0.3, 0.4) is 0 Å². The van der Waals surface area contributed by atoms with Gasteiger partial charge in [0.2, 0.25) is 0 Å². The van der Waals surface area contributed by atoms with Crippen molar-refractivity contribution < 1.29 is 9.90 Å². The van der Waals surface area contributed by atoms with Gasteiger partial charge in [0.25, 0.3) is 0 Å². The Balaban J connectivity index is 1.35. The monoisotopic (exact) mass is 510 g/mol. The van der Waals surface area contributed by atoms with Crippen LogP contribution >= 0.6 is 11.8 Å². The zero-order valence-corrected chi connectivity index (χ0v) is 23.1. The molecule has 2 aromatic rings. The molecule has 192 valence electrons. The minimum absolute atomic E-state index is 0.0837. The van der Waals surface area contributed by atoms with E-state index in [9.17, 15) is 9.90 Å². The van der Waals surface area contributed by atoms with Crippen molar-refractivity contribution in [2.24, 2.45) is 17.3 Å². The lowest BCUT2D eigenvalue weighted by Crippen LogP contribution is -2.50. The molecular weight excluding hydrogens is 472 g/mol. The van der Waals surface area contributed by atoms with Crippen LogP contribution in [0.4, 0.5) is 0 Å². The molecule has 2 fully saturated rings. The third-order valence-corrected chi connectivity index (χ3v) is 11.0. The smallest absolute Gasteiger partial charge is 0.156 e. The second-order valence-corrected chi connectivity index (χ2v) is 13.0. The van der Waals surface area contributed by atoms with Gasteiger partial charge in [0, 0.05) is 22.6 Å². The summed E-state index contributed by atoms with van der Waals surface area (Å²) in [7, 11) is 0. The number of carbonyl (C=O) groups is 1. The van der Waals surface area contributed by atoms with Crippen LogP contribution in [0.15, 0.2) is 76.2 Å². The van der Waals surface area contributed by atoms with Crippen LogP contribution in [-0.2, 0) is 4.79 Å². The number of hydrogen-bond donors (Lipinski definition) is 1. The standard InChI is InChI=1S/C34H38O2S/c1-33-21-30(24-10-6-22(7-11-24)4-5-23-8-14-27(37-3)15-9-23)32-28-17-13-26(35)20-25(28)12-16-29(32)31(33)18-19-34(33,2)36/h4-11,14-15,20,29-31,36H,12-13,16-19,21H2,1-3H3/b5-4+/t29?,30-,31?,33+,34?/m1/s1. The Morgan fingerprint density at radius 3 is 2.27 bits per heavy atom. The first-order chi connectivity index (χ1) is 17.8. The molecule has 0 spiro atoms. The molecule has 0 heterocycles. The van der Waals surface area contributed by atoms with Gasteiger partial charge in [-0.3, -0.25) is 4.79 Å². The van der Waals surface area contributed by atoms with E-state index in [4.69, 9.17) is 0 Å². The normalized spacial score (nSPS) is 33.2. The van der Waals surface area contributed by atoms with Crippen LogP contribution in [0.25, 0.3) is 12.2 Å². The number of thioether (sulfide) groups is 1. The van der Waals surface area contributed by atoms with Crippen LogP contribution in [0.5, 0.6) is 0 Å². The molecule has 4 aliphatic rings. The fourth-order valence-electron chi connectivity index (χ4n) is 7.93. The molecule has 0 saturated heterocycles. The molecule has 0 aliphatic heterocycles. The van der Waals surface area contributed by atoms with E-state index in [1.807, 2.05) is 6.08 Å². The van der Waals surface area contributed by atoms with E-state index in [1.165, 1.54) is 32.7 Å². The average molecular weight is 511 g/mol. The van der Waals surface area contributed by atoms with E-state index in [1.54, 1.807) is 17.3 Å². The van der Waals surface area contributed by atoms with Gasteiger partial charge in [0.15, 0.2) is 5.78 Å². The number of benzene rings is 2. The summed E-state index contributed by atoms with van der Waals surface area (Å²) in [6.07, 6.45) is 15.1. The molecule has 6 rings (SSSR count). The van der Waals surface area contributed by atoms with Crippen molar-refractivity contribution in [3.8, 4) is 0 Å². The molecule has 37 heavy (non-hydrogen) atoms. The molecule has 4 aliphatic carbocycles. The molecule has 5 atom stereocenters. The van der Waals surface area contributed by atoms with Crippen molar-refractivity contribution in [3.63, 3.8) is 0 Å². The van der Waals surface area contributed by atoms with Gasteiger partial charge in [-0.15, -0.1) is 11.8 Å². The van der Waals surface area contributed by atoms with Crippen molar-refractivity contribution >= 4 is 29.7 Å². The fraction of sp³-hybridized carbons (Fsp3) is 0.441. The van der Waals surface area contributed by atoms with Crippen molar-refractivity contribution in [1.29, 1.82) is 0 Å². The maximum Gasteiger partial charge on any atom is 0.156 e. The Morgan fingerprint density at radius 1 is 0.919 bits per heavy atom. The highest BCUT2D eigenvalue weighted by Gasteiger charge is 2.60. The van der Waals surface area contributed by atoms with Gasteiger partial charge < -0.3 is 5.11 Å². The van der Waals surface area contributed by atoms with E-state index in [2.05, 4.69) is 80.8 Å². The summed E-state index contributed by atoms with van der Waals surface area (Å²) >= 11 is 1.76. The second kappa shape index (κ2) is 9.43. The quantitative estimate of drug-likeness (QED) is 0.332. The maximum atomic E-state index is 12.2. The predicted molar refractivity (Wildman–Crippen MR) is 154 cm³/mol. The zero-order chi connectivity index (χ0) is 25.8. The number of ketones is 1. The molecule has 2 saturated carbocycles. The maximum absolute atomic E-state index is 12.2. The van der Waals surface area contributed by atoms with Crippen LogP contribution < -0.4 is 0 Å². The Morgan fingerprint density at radius 2 is 1.59 bits per heavy atom. The number of fused-ring (bicyclic) bond motifs is 4. The molecule has 0 amide bonds. The Labute approximate surface area is 226 Å². The van der Waals surface area contributed by atoms with Gasteiger partial charge in [-0.2, -0.15) is 0 Å². The minimum atomic E-state index is -0.626. The fourth-order valence-corrected chi connectivity index (χ4v) is 8.34. The molecular formula is C34H38O2S. The lowest BCUT2D eigenvalue weighted by atomic mass is 9.51. The highest BCUT2D eigenvalue weighted by atomic mass is 32.2. The van der Waals surface area contributed by atoms with Gasteiger partial charge in [0.1, 0.15) is 0 Å². The third-order valence-electron chi connectivity index (χ3n) is 10.2. The van der Waals surface area contributed by atoms with Crippen LogP contribution in [-0.4, -0.2) is 22.7 Å². The summed E-state index contributed by atoms with van der Waals surface area (Å²) in [4.78, 5) is 13.5. The summed E-state index contributed by atoms with van der Waals surface area (Å²) in [5.41, 5.74) is 7.43. The van der Waals surface area contributed by atoms with Gasteiger partial charge >= 0.3 is 0 Å². The molecule has 1 N–H and O–H groups in total. The summed E-state index contributed by atoms with van der Waals surface area (Å²) < 4.78 is 0. The van der Waals surface area contributed by atoms with Crippen molar-refractivity contribution in [1.82, 2.24) is 0 Å². The van der Waals surface area contributed by atoms with Crippen LogP contribution in [0, 0.1) is 17.3 Å². The topological polar surface area (TPSA) is 37.3 Å². The zero-order valence-electron chi connectivity index (χ0n) is 22.3. The first kappa shape index (κ1) is 24.9. The third kappa shape index (κ3) is 4.29. The largest absolute Gasteiger partial charge is 0.390 e. The Hall–Kier alpha value is -2.36. The van der Waals surface area contributed by atoms with E-state index in [-0.39, 0.29) is 11.2 Å². The van der Waals surface area contributed by atoms with E-state index < -0.39 is 5.60 Å². The van der Waals surface area contributed by atoms with Crippen LogP contribution in [0.2, 0.25) is 0 Å². The molecule has 3 unspecified atom stereocenters. The highest BCUT2D eigenvalue weighted by Crippen LogP contribution is 2.66. The first-order valence-corrected chi connectivity index (χ1v) is 15.1. The van der Waals surface area contributed by atoms with Gasteiger partial charge in [-0.1, -0.05) is 61.0 Å². The molecule has 0 aromatic heterocycles. The van der Waals surface area contributed by atoms with Crippen molar-refractivity contribution in [3.05, 3.63) is 88.0 Å². The minimum Gasteiger partial charge on any atom is -0.390 e. The molecule has 2 aromatic carbocycles. The van der Waals surface area contributed by atoms with Gasteiger partial charge in [-0.25, -0.2) is 0 Å². The SMILES string of the molecule is CSc1ccc(/C=C/c2ccc([C@H]3C[C@@]4(C)C(CCC4(C)O)C4CCC5=CC(=O)CCC5=C43)cc2)cc1. The number of rotatable bonds is 4. The number of aliphatic hydroxyl groups is 1. The van der Waals surface area contributed by atoms with E-state index in [0.717, 1.165) is 38.5 Å². The molecule has 2 nitrogen and oxygen atoms in total. The predicted octanol–water partition coefficient (Wildman–Crippen LogP) is 8.23. The molecule has 0 bridgehead atoms. The van der Waals surface area contributed by atoms with Gasteiger partial charge in [-0.05, 0) is 110 Å². The Kier molecular flexibility index (Phi) is 6.36. The average Bonchev–Trinajstić information content (AvgIpc) is 3.15. The Bertz CT molecular complexity index is 1290. The number of allylic oxidation sites excluding steroid dienone is 4.